The van der Waals surface area contributed by atoms with E-state index < -0.39 is 0 Å². The number of imidazole rings is 1. The number of benzene rings is 1. The van der Waals surface area contributed by atoms with Crippen molar-refractivity contribution in [2.75, 3.05) is 22.6 Å². The molecule has 2 aromatic heterocycles. The van der Waals surface area contributed by atoms with Crippen molar-refractivity contribution < 1.29 is 4.79 Å². The molecule has 3 aromatic rings. The Hall–Kier alpha value is -1.64. The Kier molecular flexibility index (Phi) is 10.3. The predicted molar refractivity (Wildman–Crippen MR) is 140 cm³/mol. The molecule has 0 saturated heterocycles. The van der Waals surface area contributed by atoms with Gasteiger partial charge in [-0.15, -0.1) is 23.5 Å². The van der Waals surface area contributed by atoms with Gasteiger partial charge in [-0.05, 0) is 49.5 Å². The number of pyridine rings is 1. The molecule has 8 heteroatoms. The van der Waals surface area contributed by atoms with Crippen molar-refractivity contribution in [3.05, 3.63) is 36.0 Å². The minimum atomic E-state index is 0.0863. The molecule has 0 aliphatic rings. The number of H-pyrrole nitrogens is 1. The van der Waals surface area contributed by atoms with Gasteiger partial charge in [-0.25, -0.2) is 9.97 Å². The van der Waals surface area contributed by atoms with Crippen LogP contribution in [-0.2, 0) is 4.79 Å². The summed E-state index contributed by atoms with van der Waals surface area (Å²) in [4.78, 5) is 26.3. The number of rotatable bonds is 13. The van der Waals surface area contributed by atoms with Gasteiger partial charge >= 0.3 is 0 Å². The molecule has 0 radical (unpaired) electrons. The second-order valence-corrected chi connectivity index (χ2v) is 11.1. The van der Waals surface area contributed by atoms with Crippen LogP contribution in [0.15, 0.2) is 45.4 Å². The van der Waals surface area contributed by atoms with E-state index in [9.17, 15) is 4.79 Å². The van der Waals surface area contributed by atoms with Gasteiger partial charge in [-0.3, -0.25) is 4.79 Å². The van der Waals surface area contributed by atoms with Crippen molar-refractivity contribution in [1.82, 2.24) is 15.0 Å². The summed E-state index contributed by atoms with van der Waals surface area (Å²) >= 11 is 5.21. The molecule has 3 rings (SSSR count). The summed E-state index contributed by atoms with van der Waals surface area (Å²) in [5.74, 6) is 3.02. The third-order valence-corrected chi connectivity index (χ3v) is 7.57. The highest BCUT2D eigenvalue weighted by atomic mass is 32.2. The molecule has 0 fully saturated rings. The van der Waals surface area contributed by atoms with Crippen LogP contribution in [-0.4, -0.2) is 38.1 Å². The van der Waals surface area contributed by atoms with Gasteiger partial charge in [0, 0.05) is 22.8 Å². The number of aryl methyl sites for hydroxylation is 1. The number of nitrogens with zero attached hydrogens (tertiary/aromatic N) is 2. The molecule has 0 atom stereocenters. The summed E-state index contributed by atoms with van der Waals surface area (Å²) in [5.41, 5.74) is 3.99. The first-order valence-corrected chi connectivity index (χ1v) is 14.2. The Bertz CT molecular complexity index is 961. The molecule has 0 spiro atoms. The second kappa shape index (κ2) is 13.2. The van der Waals surface area contributed by atoms with E-state index in [4.69, 9.17) is 0 Å². The number of nitrogens with one attached hydrogen (secondary N) is 2. The molecule has 32 heavy (non-hydrogen) atoms. The Morgan fingerprint density at radius 1 is 1.00 bits per heavy atom. The van der Waals surface area contributed by atoms with Gasteiger partial charge < -0.3 is 10.3 Å². The minimum absolute atomic E-state index is 0.0863. The average Bonchev–Trinajstić information content (AvgIpc) is 3.18. The molecule has 2 N–H and O–H groups in total. The summed E-state index contributed by atoms with van der Waals surface area (Å²) in [7, 11) is 0. The molecule has 1 amide bonds. The van der Waals surface area contributed by atoms with Gasteiger partial charge in [0.1, 0.15) is 5.03 Å². The number of amides is 1. The molecule has 5 nitrogen and oxygen atoms in total. The van der Waals surface area contributed by atoms with Gasteiger partial charge in [-0.1, -0.05) is 50.6 Å². The van der Waals surface area contributed by atoms with E-state index in [1.807, 2.05) is 25.1 Å². The standard InChI is InChI=1S/C24H32N4OS3/c1-4-30-20-16-17(3)25-23(31-5-2)22(20)28-21(29)14-8-6-7-11-15-32-24-26-18-12-9-10-13-19(18)27-24/h9-10,12-13,16H,4-8,11,14-15H2,1-3H3,(H,26,27)(H,28,29). The van der Waals surface area contributed by atoms with Gasteiger partial charge in [0.15, 0.2) is 5.16 Å². The molecule has 0 saturated carbocycles. The maximum atomic E-state index is 12.6. The Morgan fingerprint density at radius 3 is 2.56 bits per heavy atom. The molecule has 2 heterocycles. The van der Waals surface area contributed by atoms with Gasteiger partial charge in [-0.2, -0.15) is 0 Å². The van der Waals surface area contributed by atoms with E-state index >= 15 is 0 Å². The zero-order chi connectivity index (χ0) is 22.8. The maximum Gasteiger partial charge on any atom is 0.224 e. The van der Waals surface area contributed by atoms with Gasteiger partial charge in [0.2, 0.25) is 5.91 Å². The van der Waals surface area contributed by atoms with Crippen LogP contribution in [0.3, 0.4) is 0 Å². The number of carbonyl (C=O) groups is 1. The highest BCUT2D eigenvalue weighted by Crippen LogP contribution is 2.35. The Morgan fingerprint density at radius 2 is 1.78 bits per heavy atom. The lowest BCUT2D eigenvalue weighted by Gasteiger charge is -2.15. The zero-order valence-corrected chi connectivity index (χ0v) is 21.5. The van der Waals surface area contributed by atoms with E-state index in [1.54, 1.807) is 35.3 Å². The summed E-state index contributed by atoms with van der Waals surface area (Å²) in [5, 5.41) is 5.07. The van der Waals surface area contributed by atoms with Crippen molar-refractivity contribution >= 4 is 57.9 Å². The van der Waals surface area contributed by atoms with Crippen LogP contribution >= 0.6 is 35.3 Å². The molecule has 0 aliphatic heterocycles. The number of fused-ring (bicyclic) bond motifs is 1. The summed E-state index contributed by atoms with van der Waals surface area (Å²) in [6.45, 7) is 6.25. The number of thioether (sulfide) groups is 3. The zero-order valence-electron chi connectivity index (χ0n) is 19.1. The number of para-hydroxylation sites is 2. The molecule has 1 aromatic carbocycles. The molecule has 0 aliphatic carbocycles. The largest absolute Gasteiger partial charge is 0.333 e. The fourth-order valence-corrected chi connectivity index (χ4v) is 5.95. The summed E-state index contributed by atoms with van der Waals surface area (Å²) < 4.78 is 0. The van der Waals surface area contributed by atoms with Crippen molar-refractivity contribution in [2.24, 2.45) is 0 Å². The van der Waals surface area contributed by atoms with Crippen LogP contribution in [0.1, 0.15) is 51.6 Å². The summed E-state index contributed by atoms with van der Waals surface area (Å²) in [6, 6.07) is 10.2. The molecule has 0 bridgehead atoms. The number of unbranched alkanes of at least 4 members (excludes halogenated alkanes) is 3. The lowest BCUT2D eigenvalue weighted by molar-refractivity contribution is -0.116. The number of aromatic nitrogens is 3. The lowest BCUT2D eigenvalue weighted by Crippen LogP contribution is -2.13. The average molecular weight is 489 g/mol. The number of anilines is 1. The van der Waals surface area contributed by atoms with E-state index in [0.717, 1.165) is 80.4 Å². The molecule has 172 valence electrons. The fraction of sp³-hybridized carbons (Fsp3) is 0.458. The number of aromatic amines is 1. The number of hydrogen-bond acceptors (Lipinski definition) is 6. The van der Waals surface area contributed by atoms with E-state index in [2.05, 4.69) is 46.2 Å². The number of carbonyl (C=O) groups excluding carboxylic acids is 1. The monoisotopic (exact) mass is 488 g/mol. The first-order chi connectivity index (χ1) is 15.6. The van der Waals surface area contributed by atoms with Crippen LogP contribution in [0.5, 0.6) is 0 Å². The lowest BCUT2D eigenvalue weighted by atomic mass is 10.1. The van der Waals surface area contributed by atoms with E-state index in [1.165, 1.54) is 0 Å². The normalized spacial score (nSPS) is 11.2. The first kappa shape index (κ1) is 25.0. The van der Waals surface area contributed by atoms with Crippen LogP contribution in [0.4, 0.5) is 5.69 Å². The van der Waals surface area contributed by atoms with Crippen molar-refractivity contribution in [3.8, 4) is 0 Å². The SMILES string of the molecule is CCSc1cc(C)nc(SCC)c1NC(=O)CCCCCCSc1nc2ccccc2[nH]1. The highest BCUT2D eigenvalue weighted by Gasteiger charge is 2.14. The second-order valence-electron chi connectivity index (χ2n) is 7.43. The van der Waals surface area contributed by atoms with Crippen LogP contribution in [0.2, 0.25) is 0 Å². The number of hydrogen-bond donors (Lipinski definition) is 2. The predicted octanol–water partition coefficient (Wildman–Crippen LogP) is 7.17. The van der Waals surface area contributed by atoms with E-state index in [0.29, 0.717) is 6.42 Å². The smallest absolute Gasteiger partial charge is 0.224 e. The van der Waals surface area contributed by atoms with Crippen molar-refractivity contribution in [3.63, 3.8) is 0 Å². The van der Waals surface area contributed by atoms with Gasteiger partial charge in [0.05, 0.1) is 16.7 Å². The third kappa shape index (κ3) is 7.46. The van der Waals surface area contributed by atoms with Gasteiger partial charge in [0.25, 0.3) is 0 Å². The van der Waals surface area contributed by atoms with Crippen molar-refractivity contribution in [2.45, 2.75) is 68.0 Å². The third-order valence-electron chi connectivity index (χ3n) is 4.83. The molecular formula is C24H32N4OS3. The fourth-order valence-electron chi connectivity index (χ4n) is 3.35. The quantitative estimate of drug-likeness (QED) is 0.196. The first-order valence-electron chi connectivity index (χ1n) is 11.2. The van der Waals surface area contributed by atoms with Crippen LogP contribution in [0.25, 0.3) is 11.0 Å². The van der Waals surface area contributed by atoms with Crippen molar-refractivity contribution in [1.29, 1.82) is 0 Å². The summed E-state index contributed by atoms with van der Waals surface area (Å²) in [6.07, 6.45) is 4.78. The highest BCUT2D eigenvalue weighted by molar-refractivity contribution is 8.00. The maximum absolute atomic E-state index is 12.6. The molecular weight excluding hydrogens is 456 g/mol. The minimum Gasteiger partial charge on any atom is -0.333 e. The Labute approximate surface area is 203 Å². The molecule has 0 unspecified atom stereocenters. The topological polar surface area (TPSA) is 70.7 Å². The van der Waals surface area contributed by atoms with E-state index in [-0.39, 0.29) is 5.91 Å². The Balaban J connectivity index is 1.38. The van der Waals surface area contributed by atoms with Crippen LogP contribution < -0.4 is 5.32 Å². The van der Waals surface area contributed by atoms with Crippen LogP contribution in [0, 0.1) is 6.92 Å².